The number of furan rings is 1. The Morgan fingerprint density at radius 3 is 2.91 bits per heavy atom. The summed E-state index contributed by atoms with van der Waals surface area (Å²) in [5, 5.41) is 2.93. The summed E-state index contributed by atoms with van der Waals surface area (Å²) in [7, 11) is 0. The fourth-order valence-electron chi connectivity index (χ4n) is 2.56. The van der Waals surface area contributed by atoms with Gasteiger partial charge in [0, 0.05) is 32.2 Å². The average Bonchev–Trinajstić information content (AvgIpc) is 3.23. The van der Waals surface area contributed by atoms with Crippen molar-refractivity contribution < 1.29 is 18.7 Å². The van der Waals surface area contributed by atoms with Gasteiger partial charge in [-0.1, -0.05) is 6.92 Å². The van der Waals surface area contributed by atoms with Crippen molar-refractivity contribution in [3.8, 4) is 0 Å². The summed E-state index contributed by atoms with van der Waals surface area (Å²) < 4.78 is 10.6. The highest BCUT2D eigenvalue weighted by atomic mass is 16.5. The SMILES string of the molecule is CC[C@@H](C)NC(=O)CCN(C[C@H]1CCCO1)C(=O)c1ccoc1. The number of carbonyl (C=O) groups excluding carboxylic acids is 2. The Morgan fingerprint density at radius 2 is 2.30 bits per heavy atom. The van der Waals surface area contributed by atoms with Gasteiger partial charge in [0.2, 0.25) is 5.91 Å². The average molecular weight is 322 g/mol. The third kappa shape index (κ3) is 5.39. The minimum atomic E-state index is -0.120. The summed E-state index contributed by atoms with van der Waals surface area (Å²) in [5.41, 5.74) is 0.505. The van der Waals surface area contributed by atoms with Crippen molar-refractivity contribution in [3.63, 3.8) is 0 Å². The molecule has 1 aromatic rings. The van der Waals surface area contributed by atoms with E-state index in [1.807, 2.05) is 13.8 Å². The highest BCUT2D eigenvalue weighted by Gasteiger charge is 2.24. The molecule has 1 aromatic heterocycles. The van der Waals surface area contributed by atoms with Gasteiger partial charge >= 0.3 is 0 Å². The predicted molar refractivity (Wildman–Crippen MR) is 86.1 cm³/mol. The van der Waals surface area contributed by atoms with Gasteiger partial charge in [0.25, 0.3) is 5.91 Å². The third-order valence-electron chi connectivity index (χ3n) is 4.13. The van der Waals surface area contributed by atoms with Crippen molar-refractivity contribution in [3.05, 3.63) is 24.2 Å². The molecular formula is C17H26N2O4. The molecule has 0 bridgehead atoms. The zero-order valence-electron chi connectivity index (χ0n) is 13.9. The van der Waals surface area contributed by atoms with Crippen molar-refractivity contribution in [2.45, 2.75) is 51.7 Å². The number of carbonyl (C=O) groups is 2. The standard InChI is InChI=1S/C17H26N2O4/c1-3-13(2)18-16(20)6-8-19(11-15-5-4-9-23-15)17(21)14-7-10-22-12-14/h7,10,12-13,15H,3-6,8-9,11H2,1-2H3,(H,18,20)/t13-,15-/m1/s1. The van der Waals surface area contributed by atoms with Gasteiger partial charge in [-0.15, -0.1) is 0 Å². The van der Waals surface area contributed by atoms with Crippen LogP contribution in [0.15, 0.2) is 23.0 Å². The zero-order valence-corrected chi connectivity index (χ0v) is 13.9. The Kier molecular flexibility index (Phi) is 6.65. The molecule has 0 aliphatic carbocycles. The number of rotatable bonds is 8. The zero-order chi connectivity index (χ0) is 16.7. The van der Waals surface area contributed by atoms with Gasteiger partial charge in [0.15, 0.2) is 0 Å². The van der Waals surface area contributed by atoms with Crippen LogP contribution in [-0.2, 0) is 9.53 Å². The molecule has 2 amide bonds. The van der Waals surface area contributed by atoms with Crippen LogP contribution >= 0.6 is 0 Å². The van der Waals surface area contributed by atoms with Crippen LogP contribution in [0.25, 0.3) is 0 Å². The second-order valence-electron chi connectivity index (χ2n) is 6.03. The second kappa shape index (κ2) is 8.72. The number of amides is 2. The molecule has 0 saturated carbocycles. The summed E-state index contributed by atoms with van der Waals surface area (Å²) in [6, 6.07) is 1.79. The summed E-state index contributed by atoms with van der Waals surface area (Å²) in [6.07, 6.45) is 6.13. The van der Waals surface area contributed by atoms with Gasteiger partial charge in [-0.3, -0.25) is 9.59 Å². The van der Waals surface area contributed by atoms with Crippen LogP contribution in [0.2, 0.25) is 0 Å². The molecule has 1 N–H and O–H groups in total. The number of nitrogens with one attached hydrogen (secondary N) is 1. The molecule has 23 heavy (non-hydrogen) atoms. The van der Waals surface area contributed by atoms with E-state index >= 15 is 0 Å². The summed E-state index contributed by atoms with van der Waals surface area (Å²) >= 11 is 0. The molecule has 1 fully saturated rings. The van der Waals surface area contributed by atoms with E-state index in [1.54, 1.807) is 11.0 Å². The number of ether oxygens (including phenoxy) is 1. The molecule has 2 heterocycles. The van der Waals surface area contributed by atoms with Gasteiger partial charge in [0.1, 0.15) is 6.26 Å². The minimum absolute atomic E-state index is 0.0308. The van der Waals surface area contributed by atoms with Crippen molar-refractivity contribution in [1.82, 2.24) is 10.2 Å². The number of hydrogen-bond acceptors (Lipinski definition) is 4. The van der Waals surface area contributed by atoms with Crippen LogP contribution < -0.4 is 5.32 Å². The Morgan fingerprint density at radius 1 is 1.48 bits per heavy atom. The smallest absolute Gasteiger partial charge is 0.257 e. The first-order valence-corrected chi connectivity index (χ1v) is 8.32. The number of hydrogen-bond donors (Lipinski definition) is 1. The molecule has 0 radical (unpaired) electrons. The van der Waals surface area contributed by atoms with Crippen LogP contribution in [0.5, 0.6) is 0 Å². The highest BCUT2D eigenvalue weighted by Crippen LogP contribution is 2.15. The van der Waals surface area contributed by atoms with E-state index in [0.29, 0.717) is 25.1 Å². The molecule has 1 aliphatic heterocycles. The summed E-state index contributed by atoms with van der Waals surface area (Å²) in [4.78, 5) is 26.2. The molecular weight excluding hydrogens is 296 g/mol. The lowest BCUT2D eigenvalue weighted by molar-refractivity contribution is -0.121. The van der Waals surface area contributed by atoms with Gasteiger partial charge in [0.05, 0.1) is 17.9 Å². The molecule has 2 rings (SSSR count). The first-order valence-electron chi connectivity index (χ1n) is 8.32. The quantitative estimate of drug-likeness (QED) is 0.796. The maximum Gasteiger partial charge on any atom is 0.257 e. The van der Waals surface area contributed by atoms with E-state index < -0.39 is 0 Å². The van der Waals surface area contributed by atoms with Crippen LogP contribution in [-0.4, -0.2) is 48.6 Å². The van der Waals surface area contributed by atoms with E-state index in [1.165, 1.54) is 12.5 Å². The predicted octanol–water partition coefficient (Wildman–Crippen LogP) is 2.21. The van der Waals surface area contributed by atoms with E-state index in [4.69, 9.17) is 9.15 Å². The molecule has 6 nitrogen and oxygen atoms in total. The second-order valence-corrected chi connectivity index (χ2v) is 6.03. The molecule has 0 unspecified atom stereocenters. The molecule has 128 valence electrons. The van der Waals surface area contributed by atoms with E-state index in [2.05, 4.69) is 5.32 Å². The maximum absolute atomic E-state index is 12.6. The highest BCUT2D eigenvalue weighted by molar-refractivity contribution is 5.94. The Bertz CT molecular complexity index is 495. The maximum atomic E-state index is 12.6. The van der Waals surface area contributed by atoms with E-state index in [0.717, 1.165) is 25.9 Å². The first kappa shape index (κ1) is 17.5. The van der Waals surface area contributed by atoms with Crippen LogP contribution in [0.4, 0.5) is 0 Å². The van der Waals surface area contributed by atoms with Crippen LogP contribution in [0, 0.1) is 0 Å². The van der Waals surface area contributed by atoms with Crippen molar-refractivity contribution >= 4 is 11.8 Å². The molecule has 6 heteroatoms. The lowest BCUT2D eigenvalue weighted by Gasteiger charge is -2.25. The normalized spacial score (nSPS) is 18.6. The Balaban J connectivity index is 1.92. The number of nitrogens with zero attached hydrogens (tertiary/aromatic N) is 1. The molecule has 1 saturated heterocycles. The van der Waals surface area contributed by atoms with Gasteiger partial charge < -0.3 is 19.4 Å². The van der Waals surface area contributed by atoms with E-state index in [9.17, 15) is 9.59 Å². The lowest BCUT2D eigenvalue weighted by atomic mass is 10.2. The van der Waals surface area contributed by atoms with Crippen molar-refractivity contribution in [2.24, 2.45) is 0 Å². The monoisotopic (exact) mass is 322 g/mol. The van der Waals surface area contributed by atoms with Gasteiger partial charge in [-0.25, -0.2) is 0 Å². The Labute approximate surface area is 137 Å². The molecule has 1 aliphatic rings. The largest absolute Gasteiger partial charge is 0.472 e. The molecule has 0 aromatic carbocycles. The Hall–Kier alpha value is -1.82. The fourth-order valence-corrected chi connectivity index (χ4v) is 2.56. The summed E-state index contributed by atoms with van der Waals surface area (Å²) in [6.45, 7) is 5.63. The van der Waals surface area contributed by atoms with E-state index in [-0.39, 0.29) is 24.0 Å². The topological polar surface area (TPSA) is 71.8 Å². The lowest BCUT2D eigenvalue weighted by Crippen LogP contribution is -2.40. The van der Waals surface area contributed by atoms with Crippen molar-refractivity contribution in [1.29, 1.82) is 0 Å². The first-order chi connectivity index (χ1) is 11.1. The third-order valence-corrected chi connectivity index (χ3v) is 4.13. The molecule has 2 atom stereocenters. The fraction of sp³-hybridized carbons (Fsp3) is 0.647. The summed E-state index contributed by atoms with van der Waals surface area (Å²) in [5.74, 6) is -0.151. The van der Waals surface area contributed by atoms with Gasteiger partial charge in [-0.2, -0.15) is 0 Å². The van der Waals surface area contributed by atoms with Crippen molar-refractivity contribution in [2.75, 3.05) is 19.7 Å². The van der Waals surface area contributed by atoms with Gasteiger partial charge in [-0.05, 0) is 32.3 Å². The van der Waals surface area contributed by atoms with Crippen LogP contribution in [0.1, 0.15) is 49.9 Å². The minimum Gasteiger partial charge on any atom is -0.472 e. The molecule has 0 spiro atoms. The van der Waals surface area contributed by atoms with Crippen LogP contribution in [0.3, 0.4) is 0 Å².